The summed E-state index contributed by atoms with van der Waals surface area (Å²) in [6.07, 6.45) is 5.37. The molecule has 0 aliphatic carbocycles. The number of hydrogen-bond donors (Lipinski definition) is 1. The Bertz CT molecular complexity index is 669. The molecular weight excluding hydrogens is 290 g/mol. The van der Waals surface area contributed by atoms with E-state index >= 15 is 0 Å². The van der Waals surface area contributed by atoms with Crippen molar-refractivity contribution in [3.63, 3.8) is 0 Å². The summed E-state index contributed by atoms with van der Waals surface area (Å²) in [5.41, 5.74) is 2.01. The van der Waals surface area contributed by atoms with E-state index in [1.807, 2.05) is 18.5 Å². The molecule has 0 bridgehead atoms. The molecule has 1 saturated heterocycles. The second-order valence-electron chi connectivity index (χ2n) is 6.79. The predicted molar refractivity (Wildman–Crippen MR) is 87.8 cm³/mol. The van der Waals surface area contributed by atoms with Gasteiger partial charge < -0.3 is 5.11 Å². The molecule has 1 atom stereocenters. The van der Waals surface area contributed by atoms with Gasteiger partial charge >= 0.3 is 0 Å². The van der Waals surface area contributed by atoms with Gasteiger partial charge in [0, 0.05) is 25.3 Å². The van der Waals surface area contributed by atoms with Crippen LogP contribution in [0.25, 0.3) is 0 Å². The van der Waals surface area contributed by atoms with E-state index < -0.39 is 5.60 Å². The lowest BCUT2D eigenvalue weighted by Gasteiger charge is -2.38. The number of hydrogen-bond acceptors (Lipinski definition) is 5. The maximum atomic E-state index is 11.1. The van der Waals surface area contributed by atoms with Gasteiger partial charge in [0.15, 0.2) is 0 Å². The van der Waals surface area contributed by atoms with Crippen LogP contribution in [0, 0.1) is 6.92 Å². The minimum Gasteiger partial charge on any atom is -0.382 e. The van der Waals surface area contributed by atoms with Crippen molar-refractivity contribution in [1.29, 1.82) is 0 Å². The molecule has 1 aliphatic rings. The van der Waals surface area contributed by atoms with Gasteiger partial charge in [0.1, 0.15) is 11.3 Å². The third-order valence-electron chi connectivity index (χ3n) is 4.56. The Morgan fingerprint density at radius 1 is 1.39 bits per heavy atom. The maximum absolute atomic E-state index is 11.1. The average Bonchev–Trinajstić information content (AvgIpc) is 3.01. The van der Waals surface area contributed by atoms with Crippen LogP contribution in [-0.4, -0.2) is 43.1 Å². The summed E-state index contributed by atoms with van der Waals surface area (Å²) in [5.74, 6) is 0. The summed E-state index contributed by atoms with van der Waals surface area (Å²) < 4.78 is 1.80. The Morgan fingerprint density at radius 2 is 2.22 bits per heavy atom. The highest BCUT2D eigenvalue weighted by atomic mass is 16.3. The van der Waals surface area contributed by atoms with Gasteiger partial charge in [-0.2, -0.15) is 0 Å². The highest BCUT2D eigenvalue weighted by Crippen LogP contribution is 2.31. The molecule has 0 aromatic carbocycles. The lowest BCUT2D eigenvalue weighted by atomic mass is 9.90. The van der Waals surface area contributed by atoms with Gasteiger partial charge in [0.25, 0.3) is 0 Å². The van der Waals surface area contributed by atoms with Gasteiger partial charge in [0.2, 0.25) is 0 Å². The lowest BCUT2D eigenvalue weighted by Crippen LogP contribution is -2.46. The molecule has 0 radical (unpaired) electrons. The first kappa shape index (κ1) is 16.1. The van der Waals surface area contributed by atoms with Crippen LogP contribution in [0.15, 0.2) is 24.5 Å². The van der Waals surface area contributed by atoms with E-state index in [1.165, 1.54) is 5.56 Å². The molecule has 124 valence electrons. The molecule has 0 amide bonds. The Hall–Kier alpha value is -1.79. The zero-order chi connectivity index (χ0) is 16.4. The van der Waals surface area contributed by atoms with E-state index in [1.54, 1.807) is 4.68 Å². The summed E-state index contributed by atoms with van der Waals surface area (Å²) in [7, 11) is 0. The molecule has 3 heterocycles. The number of aryl methyl sites for hydroxylation is 1. The Balaban J connectivity index is 1.75. The molecule has 1 N–H and O–H groups in total. The molecule has 2 aromatic rings. The van der Waals surface area contributed by atoms with E-state index in [4.69, 9.17) is 0 Å². The van der Waals surface area contributed by atoms with Crippen LogP contribution in [0.1, 0.15) is 49.7 Å². The van der Waals surface area contributed by atoms with E-state index in [9.17, 15) is 5.11 Å². The summed E-state index contributed by atoms with van der Waals surface area (Å²) in [6.45, 7) is 8.48. The number of β-amino-alcohol motifs (C(OH)–C–C–N with tert-alkyl or cyclic N) is 1. The predicted octanol–water partition coefficient (Wildman–Crippen LogP) is 2.05. The van der Waals surface area contributed by atoms with Crippen molar-refractivity contribution in [3.8, 4) is 0 Å². The van der Waals surface area contributed by atoms with E-state index in [2.05, 4.69) is 47.0 Å². The summed E-state index contributed by atoms with van der Waals surface area (Å²) >= 11 is 0. The molecule has 1 unspecified atom stereocenters. The number of rotatable bonds is 4. The normalized spacial score (nSPS) is 22.7. The van der Waals surface area contributed by atoms with Crippen LogP contribution < -0.4 is 0 Å². The van der Waals surface area contributed by atoms with Crippen LogP contribution in [0.3, 0.4) is 0 Å². The molecule has 0 spiro atoms. The van der Waals surface area contributed by atoms with Crippen molar-refractivity contribution in [2.45, 2.75) is 51.8 Å². The molecule has 6 heteroatoms. The Morgan fingerprint density at radius 3 is 2.91 bits per heavy atom. The summed E-state index contributed by atoms with van der Waals surface area (Å²) in [4.78, 5) is 6.72. The number of piperidine rings is 1. The van der Waals surface area contributed by atoms with Crippen molar-refractivity contribution < 1.29 is 5.11 Å². The van der Waals surface area contributed by atoms with Crippen LogP contribution in [-0.2, 0) is 12.1 Å². The minimum absolute atomic E-state index is 0.246. The topological polar surface area (TPSA) is 67.1 Å². The minimum atomic E-state index is -0.923. The molecule has 2 aromatic heterocycles. The molecule has 0 saturated carbocycles. The van der Waals surface area contributed by atoms with Crippen molar-refractivity contribution >= 4 is 0 Å². The first-order valence-corrected chi connectivity index (χ1v) is 8.25. The standard InChI is InChI=1S/C17H25N5O/c1-13(2)22-11-16(19-20-22)17(23)7-5-9-21(12-17)10-15-14(3)6-4-8-18-15/h4,6,8,11,13,23H,5,7,9-10,12H2,1-3H3. The number of likely N-dealkylation sites (tertiary alicyclic amines) is 1. The SMILES string of the molecule is Cc1cccnc1CN1CCCC(O)(c2cn(C(C)C)nn2)C1. The van der Waals surface area contributed by atoms with E-state index in [0.29, 0.717) is 12.2 Å². The van der Waals surface area contributed by atoms with E-state index in [0.717, 1.165) is 31.6 Å². The Kier molecular flexibility index (Phi) is 4.46. The van der Waals surface area contributed by atoms with Gasteiger partial charge in [-0.05, 0) is 51.8 Å². The van der Waals surface area contributed by atoms with Crippen LogP contribution >= 0.6 is 0 Å². The van der Waals surface area contributed by atoms with Gasteiger partial charge in [-0.25, -0.2) is 4.68 Å². The summed E-state index contributed by atoms with van der Waals surface area (Å²) in [5, 5.41) is 19.4. The molecule has 3 rings (SSSR count). The molecule has 23 heavy (non-hydrogen) atoms. The first-order valence-electron chi connectivity index (χ1n) is 8.25. The van der Waals surface area contributed by atoms with Crippen molar-refractivity contribution in [2.24, 2.45) is 0 Å². The second kappa shape index (κ2) is 6.37. The fourth-order valence-electron chi connectivity index (χ4n) is 3.11. The number of aliphatic hydroxyl groups is 1. The second-order valence-corrected chi connectivity index (χ2v) is 6.79. The molecule has 1 fully saturated rings. The fourth-order valence-corrected chi connectivity index (χ4v) is 3.11. The zero-order valence-corrected chi connectivity index (χ0v) is 14.1. The molecule has 6 nitrogen and oxygen atoms in total. The van der Waals surface area contributed by atoms with Gasteiger partial charge in [0.05, 0.1) is 11.9 Å². The zero-order valence-electron chi connectivity index (χ0n) is 14.1. The first-order chi connectivity index (χ1) is 11.0. The smallest absolute Gasteiger partial charge is 0.123 e. The lowest BCUT2D eigenvalue weighted by molar-refractivity contribution is -0.0418. The quantitative estimate of drug-likeness (QED) is 0.935. The van der Waals surface area contributed by atoms with Crippen LogP contribution in [0.2, 0.25) is 0 Å². The third-order valence-corrected chi connectivity index (χ3v) is 4.56. The maximum Gasteiger partial charge on any atom is 0.123 e. The number of nitrogens with zero attached hydrogens (tertiary/aromatic N) is 5. The van der Waals surface area contributed by atoms with Crippen LogP contribution in [0.4, 0.5) is 0 Å². The highest BCUT2D eigenvalue weighted by Gasteiger charge is 2.37. The van der Waals surface area contributed by atoms with Gasteiger partial charge in [-0.15, -0.1) is 5.10 Å². The van der Waals surface area contributed by atoms with Crippen molar-refractivity contribution in [2.75, 3.05) is 13.1 Å². The van der Waals surface area contributed by atoms with Crippen molar-refractivity contribution in [1.82, 2.24) is 24.9 Å². The highest BCUT2D eigenvalue weighted by molar-refractivity contribution is 5.18. The monoisotopic (exact) mass is 315 g/mol. The van der Waals surface area contributed by atoms with Gasteiger partial charge in [-0.1, -0.05) is 11.3 Å². The van der Waals surface area contributed by atoms with Crippen molar-refractivity contribution in [3.05, 3.63) is 41.5 Å². The average molecular weight is 315 g/mol. The Labute approximate surface area is 137 Å². The number of pyridine rings is 1. The molecular formula is C17H25N5O. The van der Waals surface area contributed by atoms with Crippen LogP contribution in [0.5, 0.6) is 0 Å². The molecule has 1 aliphatic heterocycles. The number of aromatic nitrogens is 4. The largest absolute Gasteiger partial charge is 0.382 e. The van der Waals surface area contributed by atoms with E-state index in [-0.39, 0.29) is 6.04 Å². The summed E-state index contributed by atoms with van der Waals surface area (Å²) in [6, 6.07) is 4.28. The van der Waals surface area contributed by atoms with Gasteiger partial charge in [-0.3, -0.25) is 9.88 Å². The fraction of sp³-hybridized carbons (Fsp3) is 0.588. The third kappa shape index (κ3) is 3.43.